The zero-order valence-corrected chi connectivity index (χ0v) is 13.7. The summed E-state index contributed by atoms with van der Waals surface area (Å²) in [5.41, 5.74) is 2.79. The third kappa shape index (κ3) is 3.83. The van der Waals surface area contributed by atoms with Crippen LogP contribution in [-0.4, -0.2) is 26.5 Å². The summed E-state index contributed by atoms with van der Waals surface area (Å²) in [5, 5.41) is 3.29. The molecule has 0 aliphatic carbocycles. The molecule has 1 aromatic heterocycles. The fourth-order valence-corrected chi connectivity index (χ4v) is 3.72. The number of benzene rings is 1. The van der Waals surface area contributed by atoms with E-state index in [2.05, 4.69) is 28.0 Å². The van der Waals surface area contributed by atoms with Crippen molar-refractivity contribution in [2.75, 3.05) is 18.4 Å². The van der Waals surface area contributed by atoms with Crippen molar-refractivity contribution in [3.8, 4) is 0 Å². The highest BCUT2D eigenvalue weighted by atomic mass is 32.2. The number of pyridine rings is 1. The van der Waals surface area contributed by atoms with Gasteiger partial charge in [0, 0.05) is 38.2 Å². The van der Waals surface area contributed by atoms with E-state index in [0.717, 1.165) is 30.9 Å². The van der Waals surface area contributed by atoms with Crippen LogP contribution in [-0.2, 0) is 22.9 Å². The Morgan fingerprint density at radius 3 is 2.96 bits per heavy atom. The lowest BCUT2D eigenvalue weighted by Gasteiger charge is -2.17. The number of hydrogen-bond acceptors (Lipinski definition) is 4. The van der Waals surface area contributed by atoms with Gasteiger partial charge in [0.2, 0.25) is 0 Å². The van der Waals surface area contributed by atoms with Crippen LogP contribution in [0.1, 0.15) is 23.2 Å². The van der Waals surface area contributed by atoms with Crippen LogP contribution in [0.4, 0.5) is 5.82 Å². The summed E-state index contributed by atoms with van der Waals surface area (Å²) in [4.78, 5) is 4.80. The van der Waals surface area contributed by atoms with Crippen LogP contribution < -0.4 is 10.0 Å². The first kappa shape index (κ1) is 15.8. The minimum absolute atomic E-state index is 0.241. The lowest BCUT2D eigenvalue weighted by atomic mass is 10.1. The number of nitrogens with one attached hydrogen (secondary N) is 2. The summed E-state index contributed by atoms with van der Waals surface area (Å²) < 4.78 is 27.1. The minimum Gasteiger partial charge on any atom is -0.370 e. The van der Waals surface area contributed by atoms with E-state index >= 15 is 0 Å². The van der Waals surface area contributed by atoms with Gasteiger partial charge in [-0.3, -0.25) is 0 Å². The number of sulfonamides is 1. The number of anilines is 1. The van der Waals surface area contributed by atoms with Crippen LogP contribution in [0.15, 0.2) is 41.3 Å². The Balaban J connectivity index is 1.63. The number of aromatic nitrogens is 1. The molecule has 0 saturated carbocycles. The lowest BCUT2D eigenvalue weighted by Crippen LogP contribution is -2.26. The molecule has 2 aromatic rings. The molecule has 0 amide bonds. The minimum atomic E-state index is -3.50. The Morgan fingerprint density at radius 1 is 1.26 bits per heavy atom. The van der Waals surface area contributed by atoms with E-state index in [9.17, 15) is 8.42 Å². The number of rotatable bonds is 5. The van der Waals surface area contributed by atoms with E-state index in [1.54, 1.807) is 24.3 Å². The maximum Gasteiger partial charge on any atom is 0.253 e. The zero-order chi connectivity index (χ0) is 16.3. The van der Waals surface area contributed by atoms with Gasteiger partial charge in [-0.2, -0.15) is 0 Å². The molecule has 0 radical (unpaired) electrons. The van der Waals surface area contributed by atoms with E-state index in [1.807, 2.05) is 6.07 Å². The molecule has 23 heavy (non-hydrogen) atoms. The van der Waals surface area contributed by atoms with Crippen LogP contribution >= 0.6 is 0 Å². The third-order valence-electron chi connectivity index (χ3n) is 3.83. The monoisotopic (exact) mass is 330 g/mol. The van der Waals surface area contributed by atoms with Crippen LogP contribution in [0.3, 0.4) is 0 Å². The Kier molecular flexibility index (Phi) is 4.54. The molecule has 5 nitrogen and oxygen atoms in total. The average Bonchev–Trinajstić information content (AvgIpc) is 2.54. The first-order chi connectivity index (χ1) is 11.0. The zero-order valence-electron chi connectivity index (χ0n) is 12.9. The highest BCUT2D eigenvalue weighted by Gasteiger charge is 2.17. The van der Waals surface area contributed by atoms with Crippen molar-refractivity contribution in [3.05, 3.63) is 60.1 Å². The first-order valence-corrected chi connectivity index (χ1v) is 9.17. The third-order valence-corrected chi connectivity index (χ3v) is 5.29. The summed E-state index contributed by atoms with van der Waals surface area (Å²) >= 11 is 0. The quantitative estimate of drug-likeness (QED) is 0.824. The second-order valence-electron chi connectivity index (χ2n) is 5.64. The molecule has 0 saturated heterocycles. The maximum absolute atomic E-state index is 12.2. The van der Waals surface area contributed by atoms with Crippen LogP contribution in [0.2, 0.25) is 0 Å². The lowest BCUT2D eigenvalue weighted by molar-refractivity contribution is 0.581. The molecule has 120 valence electrons. The van der Waals surface area contributed by atoms with E-state index in [-0.39, 0.29) is 4.90 Å². The number of nitrogens with zero attached hydrogens (tertiary/aromatic N) is 1. The fraction of sp³-hybridized carbons (Fsp3) is 0.294. The van der Waals surface area contributed by atoms with Crippen molar-refractivity contribution in [2.45, 2.75) is 24.2 Å². The van der Waals surface area contributed by atoms with Gasteiger partial charge in [0.05, 0.1) is 6.07 Å². The molecule has 1 aliphatic rings. The molecule has 6 heteroatoms. The predicted molar refractivity (Wildman–Crippen MR) is 90.8 cm³/mol. The normalized spacial score (nSPS) is 14.1. The molecule has 0 atom stereocenters. The van der Waals surface area contributed by atoms with Crippen molar-refractivity contribution < 1.29 is 8.42 Å². The molecule has 1 aliphatic heterocycles. The number of hydrogen-bond donors (Lipinski definition) is 2. The van der Waals surface area contributed by atoms with Gasteiger partial charge in [0.1, 0.15) is 16.3 Å². The van der Waals surface area contributed by atoms with E-state index in [4.69, 9.17) is 0 Å². The molecule has 0 fully saturated rings. The van der Waals surface area contributed by atoms with Gasteiger partial charge in [0.15, 0.2) is 0 Å². The predicted octanol–water partition coefficient (Wildman–Crippen LogP) is 2.14. The summed E-state index contributed by atoms with van der Waals surface area (Å²) in [6.07, 6.45) is 2.72. The van der Waals surface area contributed by atoms with Crippen LogP contribution in [0, 0.1) is 6.92 Å². The van der Waals surface area contributed by atoms with Crippen molar-refractivity contribution in [2.24, 2.45) is 0 Å². The summed E-state index contributed by atoms with van der Waals surface area (Å²) in [6, 6.07) is 10.6. The standard InChI is InChI=1S/C17H20N3O2S/c1-13-4-2-6-16(12-13)23(21,22)19-11-9-15-8-7-14-5-3-10-18-17(14)20-15/h2,4,6-8,12,19H,1,3,5,9-11H2,(H,18,20)/q+1. The van der Waals surface area contributed by atoms with E-state index in [1.165, 1.54) is 5.56 Å². The molecule has 0 bridgehead atoms. The van der Waals surface area contributed by atoms with Gasteiger partial charge in [-0.05, 0) is 36.6 Å². The van der Waals surface area contributed by atoms with Gasteiger partial charge in [-0.25, -0.2) is 18.1 Å². The van der Waals surface area contributed by atoms with Gasteiger partial charge >= 0.3 is 0 Å². The van der Waals surface area contributed by atoms with Gasteiger partial charge in [-0.1, -0.05) is 6.07 Å². The summed E-state index contributed by atoms with van der Waals surface area (Å²) in [7, 11) is -3.50. The molecule has 2 N–H and O–H groups in total. The summed E-state index contributed by atoms with van der Waals surface area (Å²) in [5.74, 6) is 0.932. The van der Waals surface area contributed by atoms with Gasteiger partial charge in [0.25, 0.3) is 10.0 Å². The molecule has 0 spiro atoms. The second kappa shape index (κ2) is 6.60. The van der Waals surface area contributed by atoms with Gasteiger partial charge in [-0.15, -0.1) is 0 Å². The van der Waals surface area contributed by atoms with Crippen LogP contribution in [0.5, 0.6) is 0 Å². The van der Waals surface area contributed by atoms with Crippen LogP contribution in [0.25, 0.3) is 0 Å². The van der Waals surface area contributed by atoms with Crippen molar-refractivity contribution in [3.63, 3.8) is 0 Å². The molecule has 0 unspecified atom stereocenters. The first-order valence-electron chi connectivity index (χ1n) is 7.69. The van der Waals surface area contributed by atoms with Gasteiger partial charge < -0.3 is 5.32 Å². The van der Waals surface area contributed by atoms with E-state index < -0.39 is 10.0 Å². The highest BCUT2D eigenvalue weighted by Crippen LogP contribution is 2.19. The molecular weight excluding hydrogens is 310 g/mol. The Labute approximate surface area is 137 Å². The maximum atomic E-state index is 12.2. The Bertz CT molecular complexity index is 803. The average molecular weight is 330 g/mol. The number of aryl methyl sites for hydroxylation is 1. The molecule has 2 heterocycles. The van der Waals surface area contributed by atoms with Crippen molar-refractivity contribution >= 4 is 15.8 Å². The summed E-state index contributed by atoms with van der Waals surface area (Å²) in [6.45, 7) is 5.01. The second-order valence-corrected chi connectivity index (χ2v) is 7.40. The molecule has 1 aromatic carbocycles. The smallest absolute Gasteiger partial charge is 0.253 e. The topological polar surface area (TPSA) is 71.1 Å². The van der Waals surface area contributed by atoms with Crippen molar-refractivity contribution in [1.82, 2.24) is 9.71 Å². The molecule has 3 rings (SSSR count). The fourth-order valence-electron chi connectivity index (χ4n) is 2.62. The largest absolute Gasteiger partial charge is 0.370 e. The number of fused-ring (bicyclic) bond motifs is 1. The van der Waals surface area contributed by atoms with Crippen molar-refractivity contribution in [1.29, 1.82) is 0 Å². The SMILES string of the molecule is [CH2+]c1cccc(S(=O)(=O)NCCc2ccc3c(n2)NCCC3)c1. The van der Waals surface area contributed by atoms with E-state index in [0.29, 0.717) is 18.5 Å². The Hall–Kier alpha value is -2.05. The Morgan fingerprint density at radius 2 is 2.13 bits per heavy atom. The highest BCUT2D eigenvalue weighted by molar-refractivity contribution is 7.89. The molecular formula is C17H20N3O2S+.